The van der Waals surface area contributed by atoms with Gasteiger partial charge in [-0.1, -0.05) is 19.9 Å². The fourth-order valence-corrected chi connectivity index (χ4v) is 5.04. The molecule has 4 aromatic rings. The number of imide groups is 1. The normalized spacial score (nSPS) is 14.1. The van der Waals surface area contributed by atoms with Gasteiger partial charge in [-0.05, 0) is 63.7 Å². The number of carbonyl (C=O) groups excluding carboxylic acids is 2. The van der Waals surface area contributed by atoms with E-state index in [1.165, 1.54) is 0 Å². The van der Waals surface area contributed by atoms with E-state index in [1.54, 1.807) is 6.20 Å². The number of carbonyl (C=O) groups is 2. The van der Waals surface area contributed by atoms with Crippen molar-refractivity contribution in [3.63, 3.8) is 0 Å². The van der Waals surface area contributed by atoms with Crippen LogP contribution in [-0.4, -0.2) is 56.9 Å². The summed E-state index contributed by atoms with van der Waals surface area (Å²) in [6.45, 7) is 12.2. The van der Waals surface area contributed by atoms with Gasteiger partial charge in [0.15, 0.2) is 0 Å². The highest BCUT2D eigenvalue weighted by Crippen LogP contribution is 2.38. The fraction of sp³-hybridized carbons (Fsp3) is 0.345. The van der Waals surface area contributed by atoms with Crippen LogP contribution in [0.3, 0.4) is 0 Å². The third-order valence-corrected chi connectivity index (χ3v) is 7.02. The standard InChI is InChI=1S/C29H33N5O3/c1-5-32(6-2)13-9-15-37-20-11-12-23-21(16-20)22(18-34(23)19(3)4)26-27(29(36)31-28(26)35)24-17-30-25-10-7-8-14-33(24)25/h7-8,10-12,14,16-19H,5-6,9,13,15H2,1-4H3,(H,31,35,36). The third-order valence-electron chi connectivity index (χ3n) is 7.02. The topological polar surface area (TPSA) is 80.9 Å². The smallest absolute Gasteiger partial charge is 0.261 e. The highest BCUT2D eigenvalue weighted by Gasteiger charge is 2.35. The number of pyridine rings is 1. The average molecular weight is 500 g/mol. The quantitative estimate of drug-likeness (QED) is 0.256. The summed E-state index contributed by atoms with van der Waals surface area (Å²) in [6, 6.07) is 11.8. The molecule has 0 saturated heterocycles. The molecule has 8 heteroatoms. The van der Waals surface area contributed by atoms with Crippen molar-refractivity contribution >= 4 is 39.5 Å². The molecule has 0 aliphatic carbocycles. The van der Waals surface area contributed by atoms with Crippen LogP contribution < -0.4 is 10.1 Å². The largest absolute Gasteiger partial charge is 0.494 e. The van der Waals surface area contributed by atoms with Gasteiger partial charge in [0.1, 0.15) is 11.4 Å². The number of hydrogen-bond acceptors (Lipinski definition) is 5. The van der Waals surface area contributed by atoms with E-state index in [0.29, 0.717) is 34.7 Å². The van der Waals surface area contributed by atoms with Crippen LogP contribution in [0.15, 0.2) is 55.0 Å². The molecule has 3 aromatic heterocycles. The Morgan fingerprint density at radius 1 is 1.05 bits per heavy atom. The maximum absolute atomic E-state index is 13.2. The van der Waals surface area contributed by atoms with Gasteiger partial charge in [0.2, 0.25) is 0 Å². The Hall–Kier alpha value is -3.91. The Labute approximate surface area is 216 Å². The molecular formula is C29H33N5O3. The summed E-state index contributed by atoms with van der Waals surface area (Å²) in [4.78, 5) is 33.1. The molecule has 0 atom stereocenters. The second kappa shape index (κ2) is 10.2. The number of rotatable bonds is 10. The Morgan fingerprint density at radius 2 is 1.84 bits per heavy atom. The van der Waals surface area contributed by atoms with Crippen molar-refractivity contribution in [3.05, 3.63) is 66.2 Å². The van der Waals surface area contributed by atoms with Gasteiger partial charge in [0, 0.05) is 41.4 Å². The van der Waals surface area contributed by atoms with Gasteiger partial charge in [-0.25, -0.2) is 4.98 Å². The van der Waals surface area contributed by atoms with E-state index in [2.05, 4.69) is 47.5 Å². The number of benzene rings is 1. The number of imidazole rings is 1. The van der Waals surface area contributed by atoms with E-state index < -0.39 is 11.8 Å². The van der Waals surface area contributed by atoms with E-state index in [4.69, 9.17) is 4.74 Å². The number of ether oxygens (including phenoxy) is 1. The first kappa shape index (κ1) is 24.8. The molecule has 192 valence electrons. The van der Waals surface area contributed by atoms with E-state index >= 15 is 0 Å². The first-order valence-electron chi connectivity index (χ1n) is 12.9. The summed E-state index contributed by atoms with van der Waals surface area (Å²) >= 11 is 0. The molecule has 1 aliphatic rings. The van der Waals surface area contributed by atoms with Gasteiger partial charge in [0.05, 0.1) is 29.6 Å². The molecule has 4 heterocycles. The minimum atomic E-state index is -0.417. The summed E-state index contributed by atoms with van der Waals surface area (Å²) in [5.41, 5.74) is 3.68. The average Bonchev–Trinajstić information content (AvgIpc) is 3.56. The summed E-state index contributed by atoms with van der Waals surface area (Å²) in [7, 11) is 0. The van der Waals surface area contributed by atoms with Crippen molar-refractivity contribution < 1.29 is 14.3 Å². The number of amides is 2. The van der Waals surface area contributed by atoms with Crippen molar-refractivity contribution in [2.24, 2.45) is 0 Å². The van der Waals surface area contributed by atoms with Crippen LogP contribution in [0.4, 0.5) is 0 Å². The highest BCUT2D eigenvalue weighted by atomic mass is 16.5. The van der Waals surface area contributed by atoms with Crippen LogP contribution in [0.1, 0.15) is 51.4 Å². The third kappa shape index (κ3) is 4.53. The molecule has 0 radical (unpaired) electrons. The first-order chi connectivity index (χ1) is 17.9. The Bertz CT molecular complexity index is 1510. The summed E-state index contributed by atoms with van der Waals surface area (Å²) in [5.74, 6) is -0.0735. The Kier molecular flexibility index (Phi) is 6.84. The van der Waals surface area contributed by atoms with E-state index in [-0.39, 0.29) is 6.04 Å². The van der Waals surface area contributed by atoms with Crippen LogP contribution >= 0.6 is 0 Å². The SMILES string of the molecule is CCN(CC)CCCOc1ccc2c(c1)c(C1=C(c3cnc4ccccn34)C(=O)NC1=O)cn2C(C)C. The van der Waals surface area contributed by atoms with Gasteiger partial charge in [-0.2, -0.15) is 0 Å². The van der Waals surface area contributed by atoms with E-state index in [0.717, 1.165) is 42.7 Å². The van der Waals surface area contributed by atoms with Crippen LogP contribution in [-0.2, 0) is 9.59 Å². The highest BCUT2D eigenvalue weighted by molar-refractivity contribution is 6.49. The Balaban J connectivity index is 1.59. The lowest BCUT2D eigenvalue weighted by Gasteiger charge is -2.17. The minimum Gasteiger partial charge on any atom is -0.494 e. The molecule has 1 aliphatic heterocycles. The van der Waals surface area contributed by atoms with Gasteiger partial charge in [-0.3, -0.25) is 19.3 Å². The van der Waals surface area contributed by atoms with Gasteiger partial charge >= 0.3 is 0 Å². The zero-order chi connectivity index (χ0) is 26.1. The zero-order valence-corrected chi connectivity index (χ0v) is 21.8. The maximum atomic E-state index is 13.2. The monoisotopic (exact) mass is 499 g/mol. The molecule has 0 spiro atoms. The molecule has 1 aromatic carbocycles. The molecule has 0 fully saturated rings. The first-order valence-corrected chi connectivity index (χ1v) is 12.9. The number of nitrogens with one attached hydrogen (secondary N) is 1. The minimum absolute atomic E-state index is 0.164. The summed E-state index contributed by atoms with van der Waals surface area (Å²) in [5, 5.41) is 3.39. The molecule has 8 nitrogen and oxygen atoms in total. The molecule has 1 N–H and O–H groups in total. The lowest BCUT2D eigenvalue weighted by molar-refractivity contribution is -0.122. The second-order valence-electron chi connectivity index (χ2n) is 9.56. The molecule has 0 saturated carbocycles. The van der Waals surface area contributed by atoms with E-state index in [9.17, 15) is 9.59 Å². The van der Waals surface area contributed by atoms with Crippen LogP contribution in [0.25, 0.3) is 27.7 Å². The molecule has 2 amide bonds. The van der Waals surface area contributed by atoms with Gasteiger partial charge < -0.3 is 14.2 Å². The lowest BCUT2D eigenvalue weighted by Crippen LogP contribution is -2.25. The Morgan fingerprint density at radius 3 is 2.59 bits per heavy atom. The maximum Gasteiger partial charge on any atom is 0.261 e. The summed E-state index contributed by atoms with van der Waals surface area (Å²) in [6.07, 6.45) is 6.39. The predicted octanol–water partition coefficient (Wildman–Crippen LogP) is 4.55. The van der Waals surface area contributed by atoms with Crippen LogP contribution in [0.2, 0.25) is 0 Å². The number of fused-ring (bicyclic) bond motifs is 2. The van der Waals surface area contributed by atoms with Crippen molar-refractivity contribution in [3.8, 4) is 5.75 Å². The van der Waals surface area contributed by atoms with Crippen LogP contribution in [0, 0.1) is 0 Å². The molecule has 0 bridgehead atoms. The molecule has 0 unspecified atom stereocenters. The number of hydrogen-bond donors (Lipinski definition) is 1. The molecule has 37 heavy (non-hydrogen) atoms. The van der Waals surface area contributed by atoms with Crippen LogP contribution in [0.5, 0.6) is 5.75 Å². The predicted molar refractivity (Wildman–Crippen MR) is 145 cm³/mol. The van der Waals surface area contributed by atoms with Gasteiger partial charge in [0.25, 0.3) is 11.8 Å². The zero-order valence-electron chi connectivity index (χ0n) is 21.8. The summed E-state index contributed by atoms with van der Waals surface area (Å²) < 4.78 is 10.1. The van der Waals surface area contributed by atoms with E-state index in [1.807, 2.05) is 53.2 Å². The van der Waals surface area contributed by atoms with Gasteiger partial charge in [-0.15, -0.1) is 0 Å². The lowest BCUT2D eigenvalue weighted by atomic mass is 9.99. The molecule has 5 rings (SSSR count). The van der Waals surface area contributed by atoms with Crippen molar-refractivity contribution in [2.45, 2.75) is 40.2 Å². The molecular weight excluding hydrogens is 466 g/mol. The second-order valence-corrected chi connectivity index (χ2v) is 9.56. The van der Waals surface area contributed by atoms with Crippen molar-refractivity contribution in [2.75, 3.05) is 26.2 Å². The number of aromatic nitrogens is 3. The number of nitrogens with zero attached hydrogens (tertiary/aromatic N) is 4. The van der Waals surface area contributed by atoms with Crippen molar-refractivity contribution in [1.29, 1.82) is 0 Å². The van der Waals surface area contributed by atoms with Crippen molar-refractivity contribution in [1.82, 2.24) is 24.2 Å². The fourth-order valence-electron chi connectivity index (χ4n) is 5.04.